The summed E-state index contributed by atoms with van der Waals surface area (Å²) in [5.41, 5.74) is 1.41. The Morgan fingerprint density at radius 2 is 1.92 bits per heavy atom. The van der Waals surface area contributed by atoms with E-state index in [2.05, 4.69) is 10.4 Å². The van der Waals surface area contributed by atoms with Gasteiger partial charge in [-0.2, -0.15) is 0 Å². The number of aromatic amines is 1. The number of benzene rings is 1. The van der Waals surface area contributed by atoms with Crippen molar-refractivity contribution in [1.82, 2.24) is 9.78 Å². The van der Waals surface area contributed by atoms with E-state index in [1.54, 1.807) is 7.11 Å². The van der Waals surface area contributed by atoms with Gasteiger partial charge in [0.15, 0.2) is 0 Å². The van der Waals surface area contributed by atoms with Crippen molar-refractivity contribution in [2.75, 3.05) is 12.4 Å². The van der Waals surface area contributed by atoms with Gasteiger partial charge in [-0.15, -0.1) is 0 Å². The van der Waals surface area contributed by atoms with E-state index in [4.69, 9.17) is 4.74 Å². The third kappa shape index (κ3) is 2.33. The number of nitrogens with zero attached hydrogens (tertiary/aromatic N) is 1. The van der Waals surface area contributed by atoms with E-state index in [0.29, 0.717) is 17.1 Å². The number of methoxy groups -OCH3 is 1. The van der Waals surface area contributed by atoms with Crippen LogP contribution in [0.15, 0.2) is 29.1 Å². The second-order valence-corrected chi connectivity index (χ2v) is 6.56. The van der Waals surface area contributed by atoms with Gasteiger partial charge in [0.25, 0.3) is 5.56 Å². The standard InChI is InChI=1S/C18H21N3O3/c1-24-14-9-5-4-8-12(14)13-10-15(22)19-17-16(13)18(23)20-21(17)11-6-2-3-7-11/h4-5,8-9,11,13H,2-3,6-7,10H2,1H3,(H,19,22)(H,20,23)/t13-/m0/s1. The number of amides is 1. The van der Waals surface area contributed by atoms with E-state index >= 15 is 0 Å². The Bertz CT molecular complexity index is 830. The second-order valence-electron chi connectivity index (χ2n) is 6.56. The van der Waals surface area contributed by atoms with E-state index in [-0.39, 0.29) is 29.8 Å². The van der Waals surface area contributed by atoms with E-state index in [1.807, 2.05) is 28.9 Å². The molecule has 1 saturated carbocycles. The molecular formula is C18H21N3O3. The Kier molecular flexibility index (Phi) is 3.67. The first-order valence-corrected chi connectivity index (χ1v) is 8.46. The van der Waals surface area contributed by atoms with Gasteiger partial charge >= 0.3 is 0 Å². The fourth-order valence-corrected chi connectivity index (χ4v) is 4.04. The summed E-state index contributed by atoms with van der Waals surface area (Å²) >= 11 is 0. The van der Waals surface area contributed by atoms with Crippen LogP contribution in [0.25, 0.3) is 0 Å². The Morgan fingerprint density at radius 3 is 2.67 bits per heavy atom. The van der Waals surface area contributed by atoms with Crippen LogP contribution in [-0.4, -0.2) is 22.8 Å². The van der Waals surface area contributed by atoms with Crippen LogP contribution in [0.1, 0.15) is 55.2 Å². The van der Waals surface area contributed by atoms with Crippen LogP contribution in [0.2, 0.25) is 0 Å². The number of ether oxygens (including phenoxy) is 1. The van der Waals surface area contributed by atoms with Gasteiger partial charge in [-0.3, -0.25) is 19.4 Å². The highest BCUT2D eigenvalue weighted by molar-refractivity contribution is 5.94. The summed E-state index contributed by atoms with van der Waals surface area (Å²) in [4.78, 5) is 25.0. The number of nitrogens with one attached hydrogen (secondary N) is 2. The van der Waals surface area contributed by atoms with Crippen LogP contribution >= 0.6 is 0 Å². The minimum absolute atomic E-state index is 0.0656. The summed E-state index contributed by atoms with van der Waals surface area (Å²) in [5, 5.41) is 5.88. The molecule has 0 radical (unpaired) electrons. The van der Waals surface area contributed by atoms with Gasteiger partial charge in [0.05, 0.1) is 18.7 Å². The van der Waals surface area contributed by atoms with Crippen molar-refractivity contribution in [2.45, 2.75) is 44.1 Å². The molecule has 1 atom stereocenters. The predicted molar refractivity (Wildman–Crippen MR) is 90.6 cm³/mol. The number of aromatic nitrogens is 2. The van der Waals surface area contributed by atoms with Gasteiger partial charge in [-0.25, -0.2) is 0 Å². The summed E-state index contributed by atoms with van der Waals surface area (Å²) in [6, 6.07) is 7.85. The molecule has 1 aromatic carbocycles. The van der Waals surface area contributed by atoms with Crippen molar-refractivity contribution in [1.29, 1.82) is 0 Å². The maximum Gasteiger partial charge on any atom is 0.270 e. The van der Waals surface area contributed by atoms with Crippen molar-refractivity contribution in [3.05, 3.63) is 45.7 Å². The van der Waals surface area contributed by atoms with Crippen LogP contribution in [0, 0.1) is 0 Å². The largest absolute Gasteiger partial charge is 0.496 e. The molecule has 1 aliphatic carbocycles. The van der Waals surface area contributed by atoms with Gasteiger partial charge in [0.1, 0.15) is 11.6 Å². The predicted octanol–water partition coefficient (Wildman–Crippen LogP) is 2.77. The quantitative estimate of drug-likeness (QED) is 0.910. The molecule has 126 valence electrons. The summed E-state index contributed by atoms with van der Waals surface area (Å²) < 4.78 is 7.32. The summed E-state index contributed by atoms with van der Waals surface area (Å²) in [5.74, 6) is 0.996. The molecule has 1 amide bonds. The third-order valence-corrected chi connectivity index (χ3v) is 5.16. The minimum atomic E-state index is -0.281. The number of carbonyl (C=O) groups is 1. The highest BCUT2D eigenvalue weighted by Gasteiger charge is 2.35. The zero-order valence-corrected chi connectivity index (χ0v) is 13.7. The lowest BCUT2D eigenvalue weighted by atomic mass is 9.86. The molecule has 0 bridgehead atoms. The molecule has 0 spiro atoms. The molecule has 2 aliphatic rings. The SMILES string of the molecule is COc1ccccc1[C@@H]1CC(=O)Nc2c1c(=O)[nH]n2C1CCCC1. The average Bonchev–Trinajstić information content (AvgIpc) is 3.22. The fourth-order valence-electron chi connectivity index (χ4n) is 4.04. The van der Waals surface area contributed by atoms with Crippen molar-refractivity contribution >= 4 is 11.7 Å². The maximum atomic E-state index is 12.7. The molecular weight excluding hydrogens is 306 g/mol. The number of fused-ring (bicyclic) bond motifs is 1. The van der Waals surface area contributed by atoms with Crippen molar-refractivity contribution in [3.63, 3.8) is 0 Å². The molecule has 2 aromatic rings. The van der Waals surface area contributed by atoms with Crippen LogP contribution in [0.4, 0.5) is 5.82 Å². The number of hydrogen-bond acceptors (Lipinski definition) is 3. The number of hydrogen-bond donors (Lipinski definition) is 2. The molecule has 1 aliphatic heterocycles. The van der Waals surface area contributed by atoms with Gasteiger partial charge in [0.2, 0.25) is 5.91 Å². The molecule has 4 rings (SSSR count). The topological polar surface area (TPSA) is 76.1 Å². The van der Waals surface area contributed by atoms with E-state index in [0.717, 1.165) is 31.2 Å². The Hall–Kier alpha value is -2.50. The van der Waals surface area contributed by atoms with Crippen molar-refractivity contribution in [3.8, 4) is 5.75 Å². The molecule has 1 aromatic heterocycles. The van der Waals surface area contributed by atoms with E-state index in [1.165, 1.54) is 0 Å². The first kappa shape index (κ1) is 15.1. The van der Waals surface area contributed by atoms with Gasteiger partial charge in [-0.05, 0) is 18.9 Å². The summed E-state index contributed by atoms with van der Waals surface area (Å²) in [6.07, 6.45) is 4.64. The number of para-hydroxylation sites is 1. The lowest BCUT2D eigenvalue weighted by Crippen LogP contribution is -2.27. The molecule has 2 N–H and O–H groups in total. The van der Waals surface area contributed by atoms with Crippen LogP contribution in [0.3, 0.4) is 0 Å². The van der Waals surface area contributed by atoms with E-state index in [9.17, 15) is 9.59 Å². The first-order chi connectivity index (χ1) is 11.7. The average molecular weight is 327 g/mol. The molecule has 0 saturated heterocycles. The lowest BCUT2D eigenvalue weighted by molar-refractivity contribution is -0.116. The van der Waals surface area contributed by atoms with Gasteiger partial charge in [-0.1, -0.05) is 31.0 Å². The Morgan fingerprint density at radius 1 is 1.17 bits per heavy atom. The Balaban J connectivity index is 1.85. The van der Waals surface area contributed by atoms with Crippen molar-refractivity contribution < 1.29 is 9.53 Å². The maximum absolute atomic E-state index is 12.7. The minimum Gasteiger partial charge on any atom is -0.496 e. The lowest BCUT2D eigenvalue weighted by Gasteiger charge is -2.25. The number of rotatable bonds is 3. The monoisotopic (exact) mass is 327 g/mol. The second kappa shape index (κ2) is 5.85. The highest BCUT2D eigenvalue weighted by atomic mass is 16.5. The third-order valence-electron chi connectivity index (χ3n) is 5.16. The summed E-state index contributed by atoms with van der Waals surface area (Å²) in [6.45, 7) is 0. The van der Waals surface area contributed by atoms with Crippen LogP contribution in [0.5, 0.6) is 5.75 Å². The van der Waals surface area contributed by atoms with E-state index < -0.39 is 0 Å². The zero-order chi connectivity index (χ0) is 16.7. The van der Waals surface area contributed by atoms with Crippen LogP contribution in [-0.2, 0) is 4.79 Å². The smallest absolute Gasteiger partial charge is 0.270 e. The number of H-pyrrole nitrogens is 1. The molecule has 0 unspecified atom stereocenters. The molecule has 6 heteroatoms. The molecule has 1 fully saturated rings. The zero-order valence-electron chi connectivity index (χ0n) is 13.7. The normalized spacial score (nSPS) is 20.7. The first-order valence-electron chi connectivity index (χ1n) is 8.46. The fraction of sp³-hybridized carbons (Fsp3) is 0.444. The molecule has 2 heterocycles. The highest BCUT2D eigenvalue weighted by Crippen LogP contribution is 2.41. The molecule has 24 heavy (non-hydrogen) atoms. The van der Waals surface area contributed by atoms with Gasteiger partial charge < -0.3 is 10.1 Å². The summed E-state index contributed by atoms with van der Waals surface area (Å²) in [7, 11) is 1.61. The van der Waals surface area contributed by atoms with Crippen molar-refractivity contribution in [2.24, 2.45) is 0 Å². The number of carbonyl (C=O) groups excluding carboxylic acids is 1. The molecule has 6 nitrogen and oxygen atoms in total. The van der Waals surface area contributed by atoms with Crippen LogP contribution < -0.4 is 15.6 Å². The number of anilines is 1. The Labute approximate surface area is 139 Å². The van der Waals surface area contributed by atoms with Gasteiger partial charge in [0, 0.05) is 17.9 Å².